The van der Waals surface area contributed by atoms with Gasteiger partial charge in [-0.15, -0.1) is 5.10 Å². The fourth-order valence-electron chi connectivity index (χ4n) is 1.76. The lowest BCUT2D eigenvalue weighted by atomic mass is 10.2. The number of benzene rings is 1. The highest BCUT2D eigenvalue weighted by Crippen LogP contribution is 2.18. The Morgan fingerprint density at radius 1 is 1.43 bits per heavy atom. The molecule has 0 aliphatic rings. The Morgan fingerprint density at radius 3 is 2.71 bits per heavy atom. The third-order valence-corrected chi connectivity index (χ3v) is 3.98. The molecule has 0 aliphatic carbocycles. The average molecular weight is 307 g/mol. The number of thioether (sulfide) groups is 1. The van der Waals surface area contributed by atoms with E-state index in [0.29, 0.717) is 17.4 Å². The molecule has 2 rings (SSSR count). The van der Waals surface area contributed by atoms with Crippen molar-refractivity contribution in [2.75, 3.05) is 23.4 Å². The van der Waals surface area contributed by atoms with Gasteiger partial charge < -0.3 is 10.6 Å². The summed E-state index contributed by atoms with van der Waals surface area (Å²) in [6, 6.07) is 7.06. The lowest BCUT2D eigenvalue weighted by molar-refractivity contribution is -0.115. The number of nitrogens with zero attached hydrogens (tertiary/aromatic N) is 3. The molecule has 0 aliphatic heterocycles. The van der Waals surface area contributed by atoms with Crippen LogP contribution in [0.25, 0.3) is 0 Å². The molecule has 0 bridgehead atoms. The zero-order chi connectivity index (χ0) is 15.4. The minimum atomic E-state index is -0.265. The number of hydrogen-bond acceptors (Lipinski definition) is 5. The summed E-state index contributed by atoms with van der Waals surface area (Å²) in [5.74, 6) is 0.119. The van der Waals surface area contributed by atoms with E-state index in [2.05, 4.69) is 10.2 Å². The number of aromatic amines is 1. The van der Waals surface area contributed by atoms with Crippen LogP contribution in [0.15, 0.2) is 34.2 Å². The Morgan fingerprint density at radius 2 is 2.10 bits per heavy atom. The average Bonchev–Trinajstić information content (AvgIpc) is 2.85. The molecule has 0 fully saturated rings. The summed E-state index contributed by atoms with van der Waals surface area (Å²) in [5.41, 5.74) is 6.77. The number of hydrogen-bond donors (Lipinski definition) is 2. The maximum absolute atomic E-state index is 12.2. The number of anilines is 2. The predicted molar refractivity (Wildman–Crippen MR) is 83.5 cm³/mol. The van der Waals surface area contributed by atoms with Crippen LogP contribution in [0.1, 0.15) is 6.92 Å². The molecule has 2 aromatic rings. The Labute approximate surface area is 126 Å². The van der Waals surface area contributed by atoms with Crippen LogP contribution in [0.2, 0.25) is 0 Å². The van der Waals surface area contributed by atoms with E-state index in [9.17, 15) is 9.59 Å². The van der Waals surface area contributed by atoms with Gasteiger partial charge in [-0.25, -0.2) is 9.89 Å². The molecule has 0 atom stereocenters. The van der Waals surface area contributed by atoms with Crippen molar-refractivity contribution in [3.05, 3.63) is 34.7 Å². The number of carbonyl (C=O) groups excluding carboxylic acids is 1. The van der Waals surface area contributed by atoms with Gasteiger partial charge in [0, 0.05) is 25.0 Å². The van der Waals surface area contributed by atoms with E-state index in [1.165, 1.54) is 16.3 Å². The smallest absolute Gasteiger partial charge is 0.343 e. The summed E-state index contributed by atoms with van der Waals surface area (Å²) in [7, 11) is 1.70. The summed E-state index contributed by atoms with van der Waals surface area (Å²) in [6.45, 7) is 2.36. The summed E-state index contributed by atoms with van der Waals surface area (Å²) in [5, 5.41) is 6.80. The van der Waals surface area contributed by atoms with Crippen molar-refractivity contribution in [1.29, 1.82) is 0 Å². The molecule has 0 radical (unpaired) electrons. The number of rotatable bonds is 5. The fraction of sp³-hybridized carbons (Fsp3) is 0.308. The van der Waals surface area contributed by atoms with Gasteiger partial charge in [0.2, 0.25) is 5.91 Å². The third kappa shape index (κ3) is 3.46. The number of H-pyrrole nitrogens is 1. The standard InChI is InChI=1S/C13H17N5O2S/c1-3-18-12(20)15-16-13(18)21-8-11(19)17(2)10-6-4-9(14)5-7-10/h4-7H,3,8,14H2,1-2H3,(H,15,20). The molecule has 112 valence electrons. The first-order chi connectivity index (χ1) is 10.0. The van der Waals surface area contributed by atoms with Gasteiger partial charge in [0.15, 0.2) is 5.16 Å². The second kappa shape index (κ2) is 6.49. The number of aromatic nitrogens is 3. The van der Waals surface area contributed by atoms with E-state index in [-0.39, 0.29) is 17.3 Å². The second-order valence-electron chi connectivity index (χ2n) is 4.39. The van der Waals surface area contributed by atoms with Gasteiger partial charge >= 0.3 is 5.69 Å². The second-order valence-corrected chi connectivity index (χ2v) is 5.33. The molecule has 1 aromatic heterocycles. The number of carbonyl (C=O) groups is 1. The SMILES string of the molecule is CCn1c(SCC(=O)N(C)c2ccc(N)cc2)n[nH]c1=O. The molecule has 1 heterocycles. The first-order valence-electron chi connectivity index (χ1n) is 6.43. The molecule has 7 nitrogen and oxygen atoms in total. The summed E-state index contributed by atoms with van der Waals surface area (Å²) >= 11 is 1.23. The largest absolute Gasteiger partial charge is 0.399 e. The highest BCUT2D eigenvalue weighted by molar-refractivity contribution is 7.99. The summed E-state index contributed by atoms with van der Waals surface area (Å²) < 4.78 is 1.49. The van der Waals surface area contributed by atoms with Gasteiger partial charge in [-0.05, 0) is 31.2 Å². The number of amides is 1. The van der Waals surface area contributed by atoms with Gasteiger partial charge in [0.1, 0.15) is 0 Å². The quantitative estimate of drug-likeness (QED) is 0.632. The first kappa shape index (κ1) is 15.2. The van der Waals surface area contributed by atoms with E-state index in [0.717, 1.165) is 5.69 Å². The lowest BCUT2D eigenvalue weighted by Crippen LogP contribution is -2.28. The van der Waals surface area contributed by atoms with Crippen LogP contribution >= 0.6 is 11.8 Å². The molecule has 8 heteroatoms. The topological polar surface area (TPSA) is 97.0 Å². The predicted octanol–water partition coefficient (Wildman–Crippen LogP) is 0.929. The van der Waals surface area contributed by atoms with Crippen molar-refractivity contribution >= 4 is 29.0 Å². The van der Waals surface area contributed by atoms with E-state index < -0.39 is 0 Å². The highest BCUT2D eigenvalue weighted by Gasteiger charge is 2.14. The van der Waals surface area contributed by atoms with Gasteiger partial charge in [-0.2, -0.15) is 0 Å². The Bertz CT molecular complexity index is 677. The number of nitrogens with two attached hydrogens (primary N) is 1. The maximum Gasteiger partial charge on any atom is 0.343 e. The molecule has 3 N–H and O–H groups in total. The highest BCUT2D eigenvalue weighted by atomic mass is 32.2. The summed E-state index contributed by atoms with van der Waals surface area (Å²) in [6.07, 6.45) is 0. The van der Waals surface area contributed by atoms with Crippen molar-refractivity contribution in [3.8, 4) is 0 Å². The third-order valence-electron chi connectivity index (χ3n) is 3.02. The van der Waals surface area contributed by atoms with Crippen molar-refractivity contribution in [2.45, 2.75) is 18.6 Å². The van der Waals surface area contributed by atoms with E-state index in [1.54, 1.807) is 36.2 Å². The van der Waals surface area contributed by atoms with Crippen LogP contribution in [0.3, 0.4) is 0 Å². The number of nitrogens with one attached hydrogen (secondary N) is 1. The Balaban J connectivity index is 2.01. The molecule has 1 aromatic carbocycles. The molecule has 1 amide bonds. The lowest BCUT2D eigenvalue weighted by Gasteiger charge is -2.17. The van der Waals surface area contributed by atoms with E-state index >= 15 is 0 Å². The van der Waals surface area contributed by atoms with Crippen LogP contribution in [0.4, 0.5) is 11.4 Å². The van der Waals surface area contributed by atoms with Gasteiger partial charge in [-0.3, -0.25) is 9.36 Å². The van der Waals surface area contributed by atoms with Crippen molar-refractivity contribution in [1.82, 2.24) is 14.8 Å². The molecular weight excluding hydrogens is 290 g/mol. The molecule has 0 saturated heterocycles. The van der Waals surface area contributed by atoms with Gasteiger partial charge in [0.05, 0.1) is 5.75 Å². The van der Waals surface area contributed by atoms with Crippen LogP contribution < -0.4 is 16.3 Å². The monoisotopic (exact) mass is 307 g/mol. The fourth-order valence-corrected chi connectivity index (χ4v) is 2.68. The molecule has 0 unspecified atom stereocenters. The maximum atomic E-state index is 12.2. The van der Waals surface area contributed by atoms with Gasteiger partial charge in [-0.1, -0.05) is 11.8 Å². The minimum absolute atomic E-state index is 0.0807. The first-order valence-corrected chi connectivity index (χ1v) is 7.41. The molecule has 21 heavy (non-hydrogen) atoms. The van der Waals surface area contributed by atoms with Crippen LogP contribution in [-0.4, -0.2) is 33.5 Å². The van der Waals surface area contributed by atoms with Crippen molar-refractivity contribution < 1.29 is 4.79 Å². The number of nitrogen functional groups attached to an aromatic ring is 1. The Hall–Kier alpha value is -2.22. The van der Waals surface area contributed by atoms with E-state index in [1.807, 2.05) is 6.92 Å². The minimum Gasteiger partial charge on any atom is -0.399 e. The normalized spacial score (nSPS) is 10.6. The zero-order valence-electron chi connectivity index (χ0n) is 11.9. The van der Waals surface area contributed by atoms with Crippen LogP contribution in [-0.2, 0) is 11.3 Å². The van der Waals surface area contributed by atoms with Crippen LogP contribution in [0.5, 0.6) is 0 Å². The van der Waals surface area contributed by atoms with Crippen molar-refractivity contribution in [2.24, 2.45) is 0 Å². The molecule has 0 spiro atoms. The van der Waals surface area contributed by atoms with E-state index in [4.69, 9.17) is 5.73 Å². The van der Waals surface area contributed by atoms with Crippen molar-refractivity contribution in [3.63, 3.8) is 0 Å². The molecular formula is C13H17N5O2S. The molecule has 0 saturated carbocycles. The summed E-state index contributed by atoms with van der Waals surface area (Å²) in [4.78, 5) is 25.1. The zero-order valence-corrected chi connectivity index (χ0v) is 12.7. The van der Waals surface area contributed by atoms with Gasteiger partial charge in [0.25, 0.3) is 0 Å². The Kier molecular flexibility index (Phi) is 4.69. The van der Waals surface area contributed by atoms with Crippen LogP contribution in [0, 0.1) is 0 Å².